The molecule has 2 aliphatic heterocycles. The molecule has 118 valence electrons. The van der Waals surface area contributed by atoms with Crippen molar-refractivity contribution in [3.05, 3.63) is 53.4 Å². The molecule has 1 fully saturated rings. The standard InChI is InChI=1S/C17H17N3O3/c21-17(13-9-12-3-1-2-4-16(12)23-10-13)20-7-8-22-11-15(20)14-5-6-18-19-14/h1-6,9,15H,7-8,10-11H2,(H,18,19)/t15-/m0/s1. The van der Waals surface area contributed by atoms with E-state index in [2.05, 4.69) is 10.2 Å². The van der Waals surface area contributed by atoms with Crippen molar-refractivity contribution >= 4 is 12.0 Å². The van der Waals surface area contributed by atoms with Crippen molar-refractivity contribution in [2.24, 2.45) is 0 Å². The number of nitrogens with one attached hydrogen (secondary N) is 1. The van der Waals surface area contributed by atoms with Crippen molar-refractivity contribution in [2.75, 3.05) is 26.4 Å². The molecule has 1 saturated heterocycles. The topological polar surface area (TPSA) is 67.4 Å². The zero-order chi connectivity index (χ0) is 15.6. The highest BCUT2D eigenvalue weighted by molar-refractivity contribution is 5.99. The summed E-state index contributed by atoms with van der Waals surface area (Å²) < 4.78 is 11.2. The van der Waals surface area contributed by atoms with Gasteiger partial charge >= 0.3 is 0 Å². The average molecular weight is 311 g/mol. The zero-order valence-electron chi connectivity index (χ0n) is 12.6. The number of rotatable bonds is 2. The first-order valence-corrected chi connectivity index (χ1v) is 7.63. The first kappa shape index (κ1) is 14.0. The minimum Gasteiger partial charge on any atom is -0.488 e. The largest absolute Gasteiger partial charge is 0.488 e. The fraction of sp³-hybridized carbons (Fsp3) is 0.294. The normalized spacial score (nSPS) is 20.4. The fourth-order valence-corrected chi connectivity index (χ4v) is 2.98. The van der Waals surface area contributed by atoms with Gasteiger partial charge in [-0.15, -0.1) is 0 Å². The average Bonchev–Trinajstić information content (AvgIpc) is 3.15. The van der Waals surface area contributed by atoms with Crippen molar-refractivity contribution in [1.29, 1.82) is 0 Å². The zero-order valence-corrected chi connectivity index (χ0v) is 12.6. The number of amides is 1. The molecular weight excluding hydrogens is 294 g/mol. The second-order valence-electron chi connectivity index (χ2n) is 5.60. The second kappa shape index (κ2) is 5.89. The molecule has 1 aromatic carbocycles. The molecule has 0 radical (unpaired) electrons. The predicted octanol–water partition coefficient (Wildman–Crippen LogP) is 1.79. The third-order valence-corrected chi connectivity index (χ3v) is 4.18. The maximum Gasteiger partial charge on any atom is 0.253 e. The fourth-order valence-electron chi connectivity index (χ4n) is 2.98. The third kappa shape index (κ3) is 2.61. The number of benzene rings is 1. The van der Waals surface area contributed by atoms with E-state index in [1.165, 1.54) is 0 Å². The second-order valence-corrected chi connectivity index (χ2v) is 5.60. The van der Waals surface area contributed by atoms with E-state index in [1.807, 2.05) is 41.3 Å². The summed E-state index contributed by atoms with van der Waals surface area (Å²) in [7, 11) is 0. The number of H-pyrrole nitrogens is 1. The molecule has 1 amide bonds. The van der Waals surface area contributed by atoms with Gasteiger partial charge in [0.15, 0.2) is 0 Å². The highest BCUT2D eigenvalue weighted by Gasteiger charge is 2.32. The summed E-state index contributed by atoms with van der Waals surface area (Å²) in [5.74, 6) is 0.804. The van der Waals surface area contributed by atoms with Crippen LogP contribution in [0.4, 0.5) is 0 Å². The minimum atomic E-state index is -0.142. The number of fused-ring (bicyclic) bond motifs is 1. The number of hydrogen-bond acceptors (Lipinski definition) is 4. The number of morpholine rings is 1. The molecule has 6 nitrogen and oxygen atoms in total. The Morgan fingerprint density at radius 3 is 3.09 bits per heavy atom. The van der Waals surface area contributed by atoms with Crippen LogP contribution in [0.3, 0.4) is 0 Å². The van der Waals surface area contributed by atoms with Crippen molar-refractivity contribution in [2.45, 2.75) is 6.04 Å². The number of aromatic nitrogens is 2. The number of nitrogens with zero attached hydrogens (tertiary/aromatic N) is 2. The SMILES string of the molecule is O=C(C1=Cc2ccccc2OC1)N1CCOC[C@H]1c1ccn[nH]1. The lowest BCUT2D eigenvalue weighted by atomic mass is 10.0. The van der Waals surface area contributed by atoms with Gasteiger partial charge in [0, 0.05) is 18.3 Å². The van der Waals surface area contributed by atoms with Crippen LogP contribution in [-0.4, -0.2) is 47.4 Å². The molecule has 0 bridgehead atoms. The van der Waals surface area contributed by atoms with Crippen LogP contribution in [0.15, 0.2) is 42.1 Å². The molecule has 0 unspecified atom stereocenters. The minimum absolute atomic E-state index is 0.0117. The van der Waals surface area contributed by atoms with E-state index in [-0.39, 0.29) is 11.9 Å². The number of para-hydroxylation sites is 1. The number of ether oxygens (including phenoxy) is 2. The van der Waals surface area contributed by atoms with E-state index >= 15 is 0 Å². The van der Waals surface area contributed by atoms with Crippen LogP contribution < -0.4 is 4.74 Å². The maximum absolute atomic E-state index is 13.0. The van der Waals surface area contributed by atoms with Crippen LogP contribution in [-0.2, 0) is 9.53 Å². The highest BCUT2D eigenvalue weighted by Crippen LogP contribution is 2.29. The molecule has 1 atom stereocenters. The molecule has 0 aliphatic carbocycles. The lowest BCUT2D eigenvalue weighted by molar-refractivity contribution is -0.136. The summed E-state index contributed by atoms with van der Waals surface area (Å²) in [6.45, 7) is 1.87. The summed E-state index contributed by atoms with van der Waals surface area (Å²) in [4.78, 5) is 14.8. The molecule has 23 heavy (non-hydrogen) atoms. The van der Waals surface area contributed by atoms with Crippen LogP contribution in [0.2, 0.25) is 0 Å². The Bertz CT molecular complexity index is 739. The predicted molar refractivity (Wildman–Crippen MR) is 83.8 cm³/mol. The van der Waals surface area contributed by atoms with Gasteiger partial charge in [0.1, 0.15) is 12.4 Å². The van der Waals surface area contributed by atoms with Gasteiger partial charge in [-0.05, 0) is 18.2 Å². The molecule has 1 aromatic heterocycles. The first-order valence-electron chi connectivity index (χ1n) is 7.63. The molecule has 1 N–H and O–H groups in total. The van der Waals surface area contributed by atoms with E-state index in [0.717, 1.165) is 17.0 Å². The summed E-state index contributed by atoms with van der Waals surface area (Å²) in [6, 6.07) is 9.46. The Balaban J connectivity index is 1.62. The van der Waals surface area contributed by atoms with E-state index in [0.29, 0.717) is 31.9 Å². The number of aromatic amines is 1. The Labute approximate surface area is 133 Å². The van der Waals surface area contributed by atoms with Gasteiger partial charge in [0.05, 0.1) is 30.5 Å². The van der Waals surface area contributed by atoms with Gasteiger partial charge in [-0.3, -0.25) is 9.89 Å². The monoisotopic (exact) mass is 311 g/mol. The van der Waals surface area contributed by atoms with Crippen molar-refractivity contribution in [3.8, 4) is 5.75 Å². The van der Waals surface area contributed by atoms with Gasteiger partial charge < -0.3 is 14.4 Å². The lowest BCUT2D eigenvalue weighted by Crippen LogP contribution is -2.45. The Kier molecular flexibility index (Phi) is 3.59. The number of carbonyl (C=O) groups excluding carboxylic acids is 1. The highest BCUT2D eigenvalue weighted by atomic mass is 16.5. The Morgan fingerprint density at radius 2 is 2.22 bits per heavy atom. The number of carbonyl (C=O) groups is 1. The van der Waals surface area contributed by atoms with Gasteiger partial charge in [-0.1, -0.05) is 18.2 Å². The van der Waals surface area contributed by atoms with Crippen LogP contribution in [0.5, 0.6) is 5.75 Å². The van der Waals surface area contributed by atoms with Crippen LogP contribution in [0.25, 0.3) is 6.08 Å². The molecular formula is C17H17N3O3. The van der Waals surface area contributed by atoms with Gasteiger partial charge in [-0.2, -0.15) is 5.10 Å². The molecule has 4 rings (SSSR count). The van der Waals surface area contributed by atoms with Crippen molar-refractivity contribution in [1.82, 2.24) is 15.1 Å². The molecule has 6 heteroatoms. The summed E-state index contributed by atoms with van der Waals surface area (Å²) in [6.07, 6.45) is 3.60. The first-order chi connectivity index (χ1) is 11.3. The van der Waals surface area contributed by atoms with Crippen LogP contribution in [0.1, 0.15) is 17.3 Å². The molecule has 3 heterocycles. The Hall–Kier alpha value is -2.60. The quantitative estimate of drug-likeness (QED) is 0.918. The van der Waals surface area contributed by atoms with E-state index < -0.39 is 0 Å². The summed E-state index contributed by atoms with van der Waals surface area (Å²) in [5, 5.41) is 6.91. The maximum atomic E-state index is 13.0. The summed E-state index contributed by atoms with van der Waals surface area (Å²) in [5.41, 5.74) is 2.49. The number of hydrogen-bond donors (Lipinski definition) is 1. The summed E-state index contributed by atoms with van der Waals surface area (Å²) >= 11 is 0. The van der Waals surface area contributed by atoms with Crippen molar-refractivity contribution < 1.29 is 14.3 Å². The van der Waals surface area contributed by atoms with E-state index in [4.69, 9.17) is 9.47 Å². The molecule has 0 spiro atoms. The molecule has 2 aromatic rings. The molecule has 2 aliphatic rings. The van der Waals surface area contributed by atoms with Gasteiger partial charge in [-0.25, -0.2) is 0 Å². The van der Waals surface area contributed by atoms with Gasteiger partial charge in [0.25, 0.3) is 5.91 Å². The van der Waals surface area contributed by atoms with E-state index in [1.54, 1.807) is 6.20 Å². The van der Waals surface area contributed by atoms with Crippen molar-refractivity contribution in [3.63, 3.8) is 0 Å². The van der Waals surface area contributed by atoms with E-state index in [9.17, 15) is 4.79 Å². The van der Waals surface area contributed by atoms with Crippen LogP contribution in [0, 0.1) is 0 Å². The van der Waals surface area contributed by atoms with Gasteiger partial charge in [0.2, 0.25) is 0 Å². The van der Waals surface area contributed by atoms with Crippen LogP contribution >= 0.6 is 0 Å². The Morgan fingerprint density at radius 1 is 1.30 bits per heavy atom. The third-order valence-electron chi connectivity index (χ3n) is 4.18. The smallest absolute Gasteiger partial charge is 0.253 e. The lowest BCUT2D eigenvalue weighted by Gasteiger charge is -2.36. The molecule has 0 saturated carbocycles.